The van der Waals surface area contributed by atoms with E-state index < -0.39 is 0 Å². The first kappa shape index (κ1) is 18.2. The van der Waals surface area contributed by atoms with Crippen LogP contribution in [0.2, 0.25) is 0 Å². The van der Waals surface area contributed by atoms with Crippen LogP contribution < -0.4 is 10.6 Å². The van der Waals surface area contributed by atoms with E-state index in [1.165, 1.54) is 22.3 Å². The second kappa shape index (κ2) is 8.68. The minimum absolute atomic E-state index is 0.796. The van der Waals surface area contributed by atoms with E-state index in [0.717, 1.165) is 36.2 Å². The van der Waals surface area contributed by atoms with E-state index in [9.17, 15) is 0 Å². The van der Waals surface area contributed by atoms with Gasteiger partial charge in [0.2, 0.25) is 0 Å². The number of hydrogen-bond acceptors (Lipinski definition) is 3. The van der Waals surface area contributed by atoms with Crippen molar-refractivity contribution >= 4 is 16.6 Å². The summed E-state index contributed by atoms with van der Waals surface area (Å²) in [6, 6.07) is 27.7. The van der Waals surface area contributed by atoms with Crippen molar-refractivity contribution in [3.8, 4) is 0 Å². The molecule has 1 aromatic heterocycles. The van der Waals surface area contributed by atoms with Crippen molar-refractivity contribution in [2.24, 2.45) is 0 Å². The Balaban J connectivity index is 1.33. The Morgan fingerprint density at radius 3 is 2.14 bits per heavy atom. The second-order valence-electron chi connectivity index (χ2n) is 7.14. The number of nitrogens with zero attached hydrogens (tertiary/aromatic N) is 1. The number of fused-ring (bicyclic) bond motifs is 1. The van der Waals surface area contributed by atoms with Gasteiger partial charge in [-0.05, 0) is 41.3 Å². The first-order valence-corrected chi connectivity index (χ1v) is 9.70. The zero-order chi connectivity index (χ0) is 19.2. The summed E-state index contributed by atoms with van der Waals surface area (Å²) in [7, 11) is 0. The molecule has 4 aromatic rings. The number of hydrogen-bond donors (Lipinski definition) is 2. The normalized spacial score (nSPS) is 10.9. The summed E-state index contributed by atoms with van der Waals surface area (Å²) in [5.74, 6) is 0. The second-order valence-corrected chi connectivity index (χ2v) is 7.14. The number of pyridine rings is 1. The molecule has 3 heteroatoms. The van der Waals surface area contributed by atoms with E-state index in [4.69, 9.17) is 0 Å². The van der Waals surface area contributed by atoms with Crippen LogP contribution >= 0.6 is 0 Å². The highest BCUT2D eigenvalue weighted by Gasteiger charge is 2.02. The van der Waals surface area contributed by atoms with Crippen molar-refractivity contribution in [1.82, 2.24) is 10.3 Å². The van der Waals surface area contributed by atoms with Crippen LogP contribution in [0.4, 0.5) is 5.69 Å². The highest BCUT2D eigenvalue weighted by atomic mass is 14.9. The van der Waals surface area contributed by atoms with Crippen molar-refractivity contribution in [2.45, 2.75) is 26.6 Å². The third kappa shape index (κ3) is 4.56. The molecule has 0 bridgehead atoms. The van der Waals surface area contributed by atoms with Crippen LogP contribution in [0.1, 0.15) is 22.3 Å². The van der Waals surface area contributed by atoms with Gasteiger partial charge < -0.3 is 10.6 Å². The third-order valence-electron chi connectivity index (χ3n) is 4.91. The molecule has 0 unspecified atom stereocenters. The molecule has 0 amide bonds. The van der Waals surface area contributed by atoms with Gasteiger partial charge in [-0.2, -0.15) is 0 Å². The number of benzene rings is 3. The van der Waals surface area contributed by atoms with Crippen molar-refractivity contribution in [3.05, 3.63) is 107 Å². The van der Waals surface area contributed by atoms with Gasteiger partial charge in [0.05, 0.1) is 5.52 Å². The number of nitrogens with one attached hydrogen (secondary N) is 2. The highest BCUT2D eigenvalue weighted by Crippen LogP contribution is 2.23. The Morgan fingerprint density at radius 2 is 1.39 bits per heavy atom. The van der Waals surface area contributed by atoms with E-state index in [0.29, 0.717) is 0 Å². The Bertz CT molecular complexity index is 1040. The van der Waals surface area contributed by atoms with Gasteiger partial charge in [0.1, 0.15) is 0 Å². The molecule has 0 aliphatic heterocycles. The van der Waals surface area contributed by atoms with Gasteiger partial charge in [-0.15, -0.1) is 0 Å². The van der Waals surface area contributed by atoms with Gasteiger partial charge in [0.25, 0.3) is 0 Å². The van der Waals surface area contributed by atoms with E-state index in [1.54, 1.807) is 0 Å². The summed E-state index contributed by atoms with van der Waals surface area (Å²) in [6.07, 6.45) is 1.87. The molecule has 3 nitrogen and oxygen atoms in total. The molecular formula is C25H25N3. The monoisotopic (exact) mass is 367 g/mol. The number of aryl methyl sites for hydroxylation is 1. The van der Waals surface area contributed by atoms with E-state index in [1.807, 2.05) is 18.3 Å². The van der Waals surface area contributed by atoms with Crippen molar-refractivity contribution in [1.29, 1.82) is 0 Å². The lowest BCUT2D eigenvalue weighted by atomic mass is 10.1. The molecule has 3 aromatic carbocycles. The smallest absolute Gasteiger partial charge is 0.0725 e. The van der Waals surface area contributed by atoms with Crippen LogP contribution in [0, 0.1) is 6.92 Å². The Morgan fingerprint density at radius 1 is 0.714 bits per heavy atom. The van der Waals surface area contributed by atoms with Crippen LogP contribution in [0.5, 0.6) is 0 Å². The first-order valence-electron chi connectivity index (χ1n) is 9.70. The molecule has 140 valence electrons. The third-order valence-corrected chi connectivity index (χ3v) is 4.91. The van der Waals surface area contributed by atoms with Gasteiger partial charge >= 0.3 is 0 Å². The summed E-state index contributed by atoms with van der Waals surface area (Å²) in [5.41, 5.74) is 7.26. The van der Waals surface area contributed by atoms with Crippen LogP contribution in [0.15, 0.2) is 85.1 Å². The van der Waals surface area contributed by atoms with Gasteiger partial charge in [0, 0.05) is 36.9 Å². The van der Waals surface area contributed by atoms with Crippen molar-refractivity contribution in [2.75, 3.05) is 5.32 Å². The maximum Gasteiger partial charge on any atom is 0.0725 e. The Kier molecular flexibility index (Phi) is 5.64. The summed E-state index contributed by atoms with van der Waals surface area (Å²) < 4.78 is 0. The minimum atomic E-state index is 0.796. The number of rotatable bonds is 7. The number of aromatic nitrogens is 1. The van der Waals surface area contributed by atoms with E-state index in [2.05, 4.69) is 89.3 Å². The fraction of sp³-hybridized carbons (Fsp3) is 0.160. The molecule has 28 heavy (non-hydrogen) atoms. The molecule has 0 saturated carbocycles. The van der Waals surface area contributed by atoms with Gasteiger partial charge in [-0.3, -0.25) is 4.98 Å². The molecule has 0 aliphatic carbocycles. The first-order chi connectivity index (χ1) is 13.8. The maximum absolute atomic E-state index is 4.47. The van der Waals surface area contributed by atoms with Crippen molar-refractivity contribution in [3.63, 3.8) is 0 Å². The summed E-state index contributed by atoms with van der Waals surface area (Å²) >= 11 is 0. The van der Waals surface area contributed by atoms with E-state index >= 15 is 0 Å². The van der Waals surface area contributed by atoms with Crippen LogP contribution in [0.25, 0.3) is 10.9 Å². The molecule has 1 heterocycles. The lowest BCUT2D eigenvalue weighted by molar-refractivity contribution is 0.693. The maximum atomic E-state index is 4.47. The lowest BCUT2D eigenvalue weighted by Gasteiger charge is -2.11. The topological polar surface area (TPSA) is 37.0 Å². The van der Waals surface area contributed by atoms with E-state index in [-0.39, 0.29) is 0 Å². The standard InChI is InChI=1S/C25H25N3/c1-19-7-12-23-24(13-14-27-25(23)15-19)28-18-22-10-8-21(9-11-22)17-26-16-20-5-3-2-4-6-20/h2-15,26H,16-18H2,1H3,(H,27,28). The lowest BCUT2D eigenvalue weighted by Crippen LogP contribution is -2.12. The zero-order valence-corrected chi connectivity index (χ0v) is 16.2. The Labute approximate surface area is 166 Å². The fourth-order valence-corrected chi connectivity index (χ4v) is 3.33. The predicted octanol–water partition coefficient (Wildman–Crippen LogP) is 5.45. The largest absolute Gasteiger partial charge is 0.380 e. The molecule has 0 radical (unpaired) electrons. The zero-order valence-electron chi connectivity index (χ0n) is 16.2. The molecule has 0 saturated heterocycles. The quantitative estimate of drug-likeness (QED) is 0.456. The molecule has 0 fully saturated rings. The molecular weight excluding hydrogens is 342 g/mol. The van der Waals surface area contributed by atoms with Crippen molar-refractivity contribution < 1.29 is 0 Å². The average molecular weight is 367 g/mol. The summed E-state index contributed by atoms with van der Waals surface area (Å²) in [5, 5.41) is 8.21. The van der Waals surface area contributed by atoms with Gasteiger partial charge in [-0.25, -0.2) is 0 Å². The SMILES string of the molecule is Cc1ccc2c(NCc3ccc(CNCc4ccccc4)cc3)ccnc2c1. The highest BCUT2D eigenvalue weighted by molar-refractivity contribution is 5.91. The Hall–Kier alpha value is -3.17. The van der Waals surface area contributed by atoms with Crippen LogP contribution in [-0.4, -0.2) is 4.98 Å². The molecule has 4 rings (SSSR count). The average Bonchev–Trinajstić information content (AvgIpc) is 2.73. The van der Waals surface area contributed by atoms with Crippen LogP contribution in [0.3, 0.4) is 0 Å². The van der Waals surface area contributed by atoms with Gasteiger partial charge in [-0.1, -0.05) is 66.7 Å². The molecule has 2 N–H and O–H groups in total. The number of anilines is 1. The summed E-state index contributed by atoms with van der Waals surface area (Å²) in [4.78, 5) is 4.47. The predicted molar refractivity (Wildman–Crippen MR) is 117 cm³/mol. The fourth-order valence-electron chi connectivity index (χ4n) is 3.33. The van der Waals surface area contributed by atoms with Gasteiger partial charge in [0.15, 0.2) is 0 Å². The minimum Gasteiger partial charge on any atom is -0.380 e. The summed E-state index contributed by atoms with van der Waals surface area (Å²) in [6.45, 7) is 4.65. The molecule has 0 spiro atoms. The van der Waals surface area contributed by atoms with Crippen LogP contribution in [-0.2, 0) is 19.6 Å². The molecule has 0 aliphatic rings. The molecule has 0 atom stereocenters.